The first kappa shape index (κ1) is 44.6. The predicted molar refractivity (Wildman–Crippen MR) is 208 cm³/mol. The number of amides is 3. The number of fused-ring (bicyclic) bond motifs is 2. The van der Waals surface area contributed by atoms with Crippen molar-refractivity contribution >= 4 is 79.1 Å². The van der Waals surface area contributed by atoms with Crippen LogP contribution < -0.4 is 14.8 Å². The van der Waals surface area contributed by atoms with Crippen LogP contribution in [0.5, 0.6) is 11.5 Å². The highest BCUT2D eigenvalue weighted by Crippen LogP contribution is 2.40. The summed E-state index contributed by atoms with van der Waals surface area (Å²) < 4.78 is 49.9. The number of carboxylic acids is 1. The maximum atomic E-state index is 14.1. The van der Waals surface area contributed by atoms with Crippen LogP contribution in [0.3, 0.4) is 0 Å². The molecule has 2 atom stereocenters. The van der Waals surface area contributed by atoms with Crippen molar-refractivity contribution in [2.24, 2.45) is 0 Å². The van der Waals surface area contributed by atoms with Crippen LogP contribution >= 0.6 is 55.1 Å². The molecular weight excluding hydrogens is 901 g/mol. The summed E-state index contributed by atoms with van der Waals surface area (Å²) in [7, 11) is 0. The smallest absolute Gasteiger partial charge is 0.410 e. The first-order chi connectivity index (χ1) is 25.6. The van der Waals surface area contributed by atoms with Gasteiger partial charge in [0.1, 0.15) is 38.4 Å². The van der Waals surface area contributed by atoms with Crippen LogP contribution in [0.2, 0.25) is 10.0 Å². The highest BCUT2D eigenvalue weighted by Gasteiger charge is 2.38. The molecule has 5 rings (SSSR count). The third kappa shape index (κ3) is 11.7. The molecule has 3 aliphatic rings. The van der Waals surface area contributed by atoms with Crippen molar-refractivity contribution in [3.8, 4) is 11.5 Å². The minimum absolute atomic E-state index is 0.0455. The third-order valence-electron chi connectivity index (χ3n) is 8.41. The van der Waals surface area contributed by atoms with Crippen LogP contribution in [0, 0.1) is 11.6 Å². The van der Waals surface area contributed by atoms with E-state index in [-0.39, 0.29) is 72.3 Å². The van der Waals surface area contributed by atoms with E-state index in [2.05, 4.69) is 37.2 Å². The number of aromatic carboxylic acids is 1. The fraction of sp³-hybridized carbons (Fsp3) is 0.556. The first-order valence-corrected chi connectivity index (χ1v) is 19.8. The van der Waals surface area contributed by atoms with Crippen molar-refractivity contribution in [3.05, 3.63) is 53.9 Å². The molecule has 0 unspecified atom stereocenters. The fourth-order valence-corrected chi connectivity index (χ4v) is 6.97. The second kappa shape index (κ2) is 18.4. The number of carbonyl (C=O) groups excluding carboxylic acids is 3. The van der Waals surface area contributed by atoms with Crippen molar-refractivity contribution in [2.45, 2.75) is 77.7 Å². The lowest BCUT2D eigenvalue weighted by molar-refractivity contribution is 0.00106. The molecule has 304 valence electrons. The Morgan fingerprint density at radius 2 is 1.51 bits per heavy atom. The number of carbonyl (C=O) groups is 4. The maximum Gasteiger partial charge on any atom is 0.410 e. The SMILES string of the molecule is CC(C)(C)OC(=O)N1CCN2C(=O)c3cc(F)c(Br)c(Cl)c3OCC[C@H]2C1.CC(C)(C)OC(=O)N1CCN[C@@H](CCOc2c(C(=O)O)cc(F)c(Br)c2Cl)C1. The molecule has 0 radical (unpaired) electrons. The van der Waals surface area contributed by atoms with Gasteiger partial charge in [-0.2, -0.15) is 0 Å². The van der Waals surface area contributed by atoms with Crippen molar-refractivity contribution in [1.82, 2.24) is 20.0 Å². The number of nitrogens with zero attached hydrogens (tertiary/aromatic N) is 3. The van der Waals surface area contributed by atoms with E-state index in [1.165, 1.54) is 0 Å². The van der Waals surface area contributed by atoms with Gasteiger partial charge in [-0.25, -0.2) is 23.2 Å². The molecule has 3 aliphatic heterocycles. The van der Waals surface area contributed by atoms with E-state index in [1.54, 1.807) is 14.7 Å². The Hall–Kier alpha value is -3.12. The maximum absolute atomic E-state index is 14.1. The van der Waals surface area contributed by atoms with Crippen LogP contribution in [0.25, 0.3) is 0 Å². The zero-order valence-corrected chi connectivity index (χ0v) is 35.9. The third-order valence-corrected chi connectivity index (χ3v) is 11.1. The predicted octanol–water partition coefficient (Wildman–Crippen LogP) is 8.00. The van der Waals surface area contributed by atoms with E-state index in [4.69, 9.17) is 42.1 Å². The molecular formula is C36H44Br2Cl2F2N4O9. The molecule has 2 N–H and O–H groups in total. The molecule has 2 fully saturated rings. The van der Waals surface area contributed by atoms with Crippen molar-refractivity contribution in [2.75, 3.05) is 52.5 Å². The zero-order chi connectivity index (χ0) is 41.0. The summed E-state index contributed by atoms with van der Waals surface area (Å²) in [6.07, 6.45) is 0.231. The lowest BCUT2D eigenvalue weighted by atomic mass is 10.0. The number of hydrogen-bond donors (Lipinski definition) is 2. The fourth-order valence-electron chi connectivity index (χ4n) is 5.88. The number of hydrogen-bond acceptors (Lipinski definition) is 9. The van der Waals surface area contributed by atoms with E-state index >= 15 is 0 Å². The molecule has 13 nitrogen and oxygen atoms in total. The van der Waals surface area contributed by atoms with Gasteiger partial charge in [-0.15, -0.1) is 0 Å². The number of carboxylic acid groups (broad SMARTS) is 1. The monoisotopic (exact) mass is 942 g/mol. The van der Waals surface area contributed by atoms with Crippen LogP contribution in [-0.2, 0) is 9.47 Å². The lowest BCUT2D eigenvalue weighted by Gasteiger charge is -2.42. The summed E-state index contributed by atoms with van der Waals surface area (Å²) in [5.74, 6) is -3.01. The molecule has 2 aromatic rings. The van der Waals surface area contributed by atoms with Crippen molar-refractivity contribution in [1.29, 1.82) is 0 Å². The van der Waals surface area contributed by atoms with Crippen LogP contribution in [0.4, 0.5) is 18.4 Å². The normalized spacial score (nSPS) is 18.8. The standard InChI is InChI=1S/C18H23BrClFN2O5.C18H21BrClFN2O4/c1-18(2,3)28-17(26)23-6-5-22-10(9-23)4-7-27-15-11(16(24)25)8-12(21)13(19)14(15)20;1-18(2,3)27-17(25)22-5-6-23-10(9-22)4-7-26-15-11(16(23)24)8-12(21)13(19)14(15)20/h8,10,22H,4-7,9H2,1-3H3,(H,24,25);8,10H,4-7,9H2,1-3H3/t2*10-/m00/s1. The average Bonchev–Trinajstić information content (AvgIpc) is 3.09. The van der Waals surface area contributed by atoms with E-state index in [0.717, 1.165) is 12.1 Å². The highest BCUT2D eigenvalue weighted by molar-refractivity contribution is 9.10. The van der Waals surface area contributed by atoms with Gasteiger partial charge in [-0.3, -0.25) is 4.79 Å². The summed E-state index contributed by atoms with van der Waals surface area (Å²) in [5, 5.41) is 12.4. The van der Waals surface area contributed by atoms with Crippen LogP contribution in [-0.4, -0.2) is 120 Å². The van der Waals surface area contributed by atoms with E-state index in [0.29, 0.717) is 58.7 Å². The zero-order valence-electron chi connectivity index (χ0n) is 31.2. The molecule has 0 aliphatic carbocycles. The van der Waals surface area contributed by atoms with Crippen molar-refractivity contribution < 1.29 is 52.0 Å². The highest BCUT2D eigenvalue weighted by atomic mass is 79.9. The Labute approximate surface area is 345 Å². The Balaban J connectivity index is 0.000000245. The van der Waals surface area contributed by atoms with E-state index < -0.39 is 34.9 Å². The van der Waals surface area contributed by atoms with Gasteiger partial charge < -0.3 is 44.1 Å². The molecule has 2 aromatic carbocycles. The first-order valence-electron chi connectivity index (χ1n) is 17.4. The van der Waals surface area contributed by atoms with Gasteiger partial charge in [0.2, 0.25) is 0 Å². The van der Waals surface area contributed by atoms with Gasteiger partial charge >= 0.3 is 18.2 Å². The van der Waals surface area contributed by atoms with Gasteiger partial charge in [-0.1, -0.05) is 23.2 Å². The topological polar surface area (TPSA) is 147 Å². The molecule has 0 spiro atoms. The van der Waals surface area contributed by atoms with Gasteiger partial charge in [0.25, 0.3) is 5.91 Å². The Morgan fingerprint density at radius 3 is 2.11 bits per heavy atom. The van der Waals surface area contributed by atoms with Gasteiger partial charge in [0.15, 0.2) is 11.5 Å². The second-order valence-corrected chi connectivity index (χ2v) is 17.3. The second-order valence-electron chi connectivity index (χ2n) is 15.0. The molecule has 0 bridgehead atoms. The summed E-state index contributed by atoms with van der Waals surface area (Å²) in [6.45, 7) is 13.9. The number of nitrogens with one attached hydrogen (secondary N) is 1. The van der Waals surface area contributed by atoms with Gasteiger partial charge in [-0.05, 0) is 92.0 Å². The largest absolute Gasteiger partial charge is 0.491 e. The minimum Gasteiger partial charge on any atom is -0.491 e. The molecule has 0 saturated carbocycles. The number of benzene rings is 2. The molecule has 3 heterocycles. The minimum atomic E-state index is -1.34. The van der Waals surface area contributed by atoms with E-state index in [1.807, 2.05) is 41.5 Å². The molecule has 55 heavy (non-hydrogen) atoms. The number of ether oxygens (including phenoxy) is 4. The summed E-state index contributed by atoms with van der Waals surface area (Å²) in [4.78, 5) is 53.8. The number of rotatable bonds is 5. The van der Waals surface area contributed by atoms with Gasteiger partial charge in [0.05, 0.1) is 33.8 Å². The quantitative estimate of drug-likeness (QED) is 0.283. The summed E-state index contributed by atoms with van der Waals surface area (Å²) in [6, 6.07) is 1.70. The molecule has 0 aromatic heterocycles. The average molecular weight is 945 g/mol. The lowest BCUT2D eigenvalue weighted by Crippen LogP contribution is -2.58. The Bertz CT molecular complexity index is 1800. The van der Waals surface area contributed by atoms with Crippen LogP contribution in [0.1, 0.15) is 75.1 Å². The van der Waals surface area contributed by atoms with E-state index in [9.17, 15) is 33.1 Å². The molecule has 3 amide bonds. The van der Waals surface area contributed by atoms with Gasteiger partial charge in [0, 0.05) is 51.7 Å². The van der Waals surface area contributed by atoms with Crippen molar-refractivity contribution in [3.63, 3.8) is 0 Å². The number of piperazine rings is 2. The Kier molecular flexibility index (Phi) is 14.9. The Morgan fingerprint density at radius 1 is 0.927 bits per heavy atom. The number of halogens is 6. The summed E-state index contributed by atoms with van der Waals surface area (Å²) >= 11 is 18.2. The van der Waals surface area contributed by atoms with Crippen LogP contribution in [0.15, 0.2) is 21.1 Å². The summed E-state index contributed by atoms with van der Waals surface area (Å²) in [5.41, 5.74) is -1.41. The molecule has 19 heteroatoms. The molecule has 2 saturated heterocycles.